The van der Waals surface area contributed by atoms with Gasteiger partial charge in [0.05, 0.1) is 12.0 Å². The molecule has 1 aromatic carbocycles. The Kier molecular flexibility index (Phi) is 3.29. The Morgan fingerprint density at radius 2 is 1.86 bits per heavy atom. The maximum absolute atomic E-state index is 11.0. The molecule has 0 spiro atoms. The van der Waals surface area contributed by atoms with Crippen LogP contribution in [0.1, 0.15) is 16.7 Å². The van der Waals surface area contributed by atoms with Crippen molar-refractivity contribution in [2.24, 2.45) is 0 Å². The highest BCUT2D eigenvalue weighted by Gasteiger charge is 2.13. The average molecular weight is 214 g/mol. The van der Waals surface area contributed by atoms with Crippen molar-refractivity contribution in [3.05, 3.63) is 22.8 Å². The number of aryl methyl sites for hydroxylation is 1. The first-order valence-corrected chi connectivity index (χ1v) is 5.35. The molecule has 0 radical (unpaired) electrons. The lowest BCUT2D eigenvalue weighted by Crippen LogP contribution is -2.00. The van der Waals surface area contributed by atoms with Gasteiger partial charge < -0.3 is 9.29 Å². The summed E-state index contributed by atoms with van der Waals surface area (Å²) in [7, 11) is 1.60. The summed E-state index contributed by atoms with van der Waals surface area (Å²) >= 11 is -1.93. The Labute approximate surface area is 86.4 Å². The number of methoxy groups -OCH3 is 1. The van der Waals surface area contributed by atoms with Crippen LogP contribution in [0.2, 0.25) is 0 Å². The Morgan fingerprint density at radius 3 is 2.29 bits per heavy atom. The number of benzene rings is 1. The van der Waals surface area contributed by atoms with E-state index in [4.69, 9.17) is 9.29 Å². The highest BCUT2D eigenvalue weighted by Crippen LogP contribution is 2.29. The van der Waals surface area contributed by atoms with Crippen LogP contribution < -0.4 is 4.74 Å². The van der Waals surface area contributed by atoms with Crippen LogP contribution in [0.3, 0.4) is 0 Å². The third-order valence-corrected chi connectivity index (χ3v) is 3.17. The van der Waals surface area contributed by atoms with E-state index >= 15 is 0 Å². The first kappa shape index (κ1) is 11.2. The summed E-state index contributed by atoms with van der Waals surface area (Å²) in [6, 6.07) is 1.69. The zero-order chi connectivity index (χ0) is 10.9. The van der Waals surface area contributed by atoms with Gasteiger partial charge in [-0.1, -0.05) is 0 Å². The minimum atomic E-state index is -1.93. The second kappa shape index (κ2) is 4.11. The summed E-state index contributed by atoms with van der Waals surface area (Å²) in [6.45, 7) is 5.57. The molecule has 1 N–H and O–H groups in total. The van der Waals surface area contributed by atoms with Crippen molar-refractivity contribution in [2.45, 2.75) is 25.7 Å². The van der Waals surface area contributed by atoms with Crippen LogP contribution in [0, 0.1) is 20.8 Å². The van der Waals surface area contributed by atoms with Gasteiger partial charge in [0.15, 0.2) is 11.1 Å². The molecule has 1 atom stereocenters. The lowest BCUT2D eigenvalue weighted by Gasteiger charge is -2.13. The molecule has 78 valence electrons. The van der Waals surface area contributed by atoms with Gasteiger partial charge in [0.2, 0.25) is 0 Å². The molecule has 14 heavy (non-hydrogen) atoms. The Morgan fingerprint density at radius 1 is 1.29 bits per heavy atom. The van der Waals surface area contributed by atoms with Crippen LogP contribution in [0.4, 0.5) is 0 Å². The predicted molar refractivity (Wildman–Crippen MR) is 56.2 cm³/mol. The molecule has 0 amide bonds. The molecule has 0 aromatic heterocycles. The molecular formula is C10H14O3S. The zero-order valence-corrected chi connectivity index (χ0v) is 9.57. The van der Waals surface area contributed by atoms with E-state index < -0.39 is 11.1 Å². The van der Waals surface area contributed by atoms with Gasteiger partial charge in [0, 0.05) is 0 Å². The summed E-state index contributed by atoms with van der Waals surface area (Å²) in [5.41, 5.74) is 2.62. The van der Waals surface area contributed by atoms with Crippen LogP contribution in [-0.4, -0.2) is 15.9 Å². The van der Waals surface area contributed by atoms with E-state index in [1.807, 2.05) is 20.8 Å². The van der Waals surface area contributed by atoms with Crippen LogP contribution >= 0.6 is 0 Å². The second-order valence-electron chi connectivity index (χ2n) is 3.22. The molecular weight excluding hydrogens is 200 g/mol. The monoisotopic (exact) mass is 214 g/mol. The first-order chi connectivity index (χ1) is 6.49. The largest absolute Gasteiger partial charge is 0.496 e. The van der Waals surface area contributed by atoms with E-state index in [9.17, 15) is 4.21 Å². The SMILES string of the molecule is COc1c(C)cc(S(=O)O)c(C)c1C. The lowest BCUT2D eigenvalue weighted by molar-refractivity contribution is 0.407. The number of rotatable bonds is 2. The van der Waals surface area contributed by atoms with Crippen molar-refractivity contribution < 1.29 is 13.5 Å². The minimum Gasteiger partial charge on any atom is -0.496 e. The fourth-order valence-corrected chi connectivity index (χ4v) is 2.21. The van der Waals surface area contributed by atoms with E-state index in [1.54, 1.807) is 13.2 Å². The van der Waals surface area contributed by atoms with Gasteiger partial charge in [-0.25, -0.2) is 4.21 Å². The van der Waals surface area contributed by atoms with E-state index in [0.717, 1.165) is 22.4 Å². The van der Waals surface area contributed by atoms with Crippen molar-refractivity contribution in [3.63, 3.8) is 0 Å². The molecule has 0 fully saturated rings. The number of ether oxygens (including phenoxy) is 1. The molecule has 0 saturated carbocycles. The van der Waals surface area contributed by atoms with Gasteiger partial charge >= 0.3 is 0 Å². The van der Waals surface area contributed by atoms with Gasteiger partial charge in [-0.15, -0.1) is 0 Å². The van der Waals surface area contributed by atoms with Crippen molar-refractivity contribution in [1.82, 2.24) is 0 Å². The molecule has 1 aromatic rings. The Hall–Kier alpha value is -0.870. The van der Waals surface area contributed by atoms with E-state index in [2.05, 4.69) is 0 Å². The van der Waals surface area contributed by atoms with Gasteiger partial charge in [0.25, 0.3) is 0 Å². The first-order valence-electron chi connectivity index (χ1n) is 4.24. The molecule has 0 aliphatic carbocycles. The second-order valence-corrected chi connectivity index (χ2v) is 4.16. The zero-order valence-electron chi connectivity index (χ0n) is 8.75. The molecule has 1 rings (SSSR count). The highest BCUT2D eigenvalue weighted by atomic mass is 32.2. The van der Waals surface area contributed by atoms with E-state index in [1.165, 1.54) is 0 Å². The van der Waals surface area contributed by atoms with Gasteiger partial charge in [-0.3, -0.25) is 0 Å². The third-order valence-electron chi connectivity index (χ3n) is 2.37. The maximum Gasteiger partial charge on any atom is 0.186 e. The molecule has 4 heteroatoms. The summed E-state index contributed by atoms with van der Waals surface area (Å²) < 4.78 is 25.3. The van der Waals surface area contributed by atoms with Gasteiger partial charge in [-0.2, -0.15) is 0 Å². The molecule has 0 aliphatic heterocycles. The van der Waals surface area contributed by atoms with Crippen molar-refractivity contribution in [1.29, 1.82) is 0 Å². The summed E-state index contributed by atoms with van der Waals surface area (Å²) in [5.74, 6) is 0.789. The quantitative estimate of drug-likeness (QED) is 0.768. The lowest BCUT2D eigenvalue weighted by atomic mass is 10.1. The fraction of sp³-hybridized carbons (Fsp3) is 0.400. The normalized spacial score (nSPS) is 12.6. The smallest absolute Gasteiger partial charge is 0.186 e. The predicted octanol–water partition coefficient (Wildman–Crippen LogP) is 2.20. The van der Waals surface area contributed by atoms with Crippen LogP contribution in [0.25, 0.3) is 0 Å². The number of hydrogen-bond donors (Lipinski definition) is 1. The van der Waals surface area contributed by atoms with E-state index in [0.29, 0.717) is 4.90 Å². The minimum absolute atomic E-state index is 0.459. The summed E-state index contributed by atoms with van der Waals surface area (Å²) in [5, 5.41) is 0. The third kappa shape index (κ3) is 1.81. The van der Waals surface area contributed by atoms with Crippen LogP contribution in [-0.2, 0) is 11.1 Å². The van der Waals surface area contributed by atoms with Crippen molar-refractivity contribution in [2.75, 3.05) is 7.11 Å². The van der Waals surface area contributed by atoms with Crippen LogP contribution in [0.15, 0.2) is 11.0 Å². The van der Waals surface area contributed by atoms with Crippen LogP contribution in [0.5, 0.6) is 5.75 Å². The Balaban J connectivity index is 3.47. The standard InChI is InChI=1S/C10H14O3S/c1-6-5-9(14(11)12)7(2)8(3)10(6)13-4/h5H,1-4H3,(H,11,12). The van der Waals surface area contributed by atoms with Gasteiger partial charge in [-0.05, 0) is 43.5 Å². The average Bonchev–Trinajstić information content (AvgIpc) is 2.12. The maximum atomic E-state index is 11.0. The molecule has 3 nitrogen and oxygen atoms in total. The van der Waals surface area contributed by atoms with E-state index in [-0.39, 0.29) is 0 Å². The molecule has 0 bridgehead atoms. The fourth-order valence-electron chi connectivity index (χ4n) is 1.52. The molecule has 0 aliphatic rings. The summed E-state index contributed by atoms with van der Waals surface area (Å²) in [4.78, 5) is 0.459. The summed E-state index contributed by atoms with van der Waals surface area (Å²) in [6.07, 6.45) is 0. The molecule has 1 unspecified atom stereocenters. The number of hydrogen-bond acceptors (Lipinski definition) is 2. The Bertz CT molecular complexity index is 385. The highest BCUT2D eigenvalue weighted by molar-refractivity contribution is 7.79. The molecule has 0 heterocycles. The van der Waals surface area contributed by atoms with Crippen molar-refractivity contribution in [3.8, 4) is 5.75 Å². The molecule has 0 saturated heterocycles. The topological polar surface area (TPSA) is 46.5 Å². The van der Waals surface area contributed by atoms with Crippen molar-refractivity contribution >= 4 is 11.1 Å². The van der Waals surface area contributed by atoms with Gasteiger partial charge in [0.1, 0.15) is 5.75 Å².